The second-order valence-electron chi connectivity index (χ2n) is 6.25. The molecule has 1 fully saturated rings. The van der Waals surface area contributed by atoms with E-state index >= 15 is 0 Å². The van der Waals surface area contributed by atoms with E-state index in [9.17, 15) is 9.90 Å². The Morgan fingerprint density at radius 2 is 2.29 bits per heavy atom. The third-order valence-corrected chi connectivity index (χ3v) is 5.68. The van der Waals surface area contributed by atoms with Crippen molar-refractivity contribution in [3.8, 4) is 0 Å². The number of carbonyl (C=O) groups excluding carboxylic acids is 1. The Labute approximate surface area is 127 Å². The summed E-state index contributed by atoms with van der Waals surface area (Å²) in [5.74, 6) is -0.181. The molecule has 0 aliphatic heterocycles. The van der Waals surface area contributed by atoms with Crippen LogP contribution in [-0.2, 0) is 0 Å². The Kier molecular flexibility index (Phi) is 3.18. The molecule has 2 heterocycles. The average molecular weight is 305 g/mol. The Bertz CT molecular complexity index is 723. The van der Waals surface area contributed by atoms with Gasteiger partial charge in [0.15, 0.2) is 0 Å². The van der Waals surface area contributed by atoms with Gasteiger partial charge >= 0.3 is 0 Å². The number of hydrogen-bond donors (Lipinski definition) is 3. The van der Waals surface area contributed by atoms with Crippen LogP contribution >= 0.6 is 11.3 Å². The molecule has 1 amide bonds. The van der Waals surface area contributed by atoms with Crippen molar-refractivity contribution in [3.05, 3.63) is 22.7 Å². The van der Waals surface area contributed by atoms with Crippen molar-refractivity contribution in [2.75, 3.05) is 5.73 Å². The number of carbonyl (C=O) groups is 1. The number of pyridine rings is 1. The van der Waals surface area contributed by atoms with Crippen molar-refractivity contribution in [3.63, 3.8) is 0 Å². The molecule has 2 aromatic rings. The van der Waals surface area contributed by atoms with Crippen LogP contribution in [0.25, 0.3) is 10.2 Å². The Morgan fingerprint density at radius 1 is 1.57 bits per heavy atom. The molecule has 4 N–H and O–H groups in total. The number of aliphatic hydroxyl groups is 1. The third kappa shape index (κ3) is 2.10. The summed E-state index contributed by atoms with van der Waals surface area (Å²) in [6, 6.07) is 1.86. The molecule has 112 valence electrons. The number of nitrogens with one attached hydrogen (secondary N) is 1. The van der Waals surface area contributed by atoms with Crippen LogP contribution in [0.2, 0.25) is 0 Å². The number of fused-ring (bicyclic) bond motifs is 1. The molecule has 21 heavy (non-hydrogen) atoms. The molecule has 1 aliphatic carbocycles. The predicted octanol–water partition coefficient (Wildman–Crippen LogP) is 2.08. The lowest BCUT2D eigenvalue weighted by Crippen LogP contribution is -2.61. The van der Waals surface area contributed by atoms with Crippen LogP contribution in [0.3, 0.4) is 0 Å². The lowest BCUT2D eigenvalue weighted by atomic mass is 9.64. The Balaban J connectivity index is 1.89. The van der Waals surface area contributed by atoms with Crippen molar-refractivity contribution in [1.29, 1.82) is 0 Å². The summed E-state index contributed by atoms with van der Waals surface area (Å²) in [5, 5.41) is 13.6. The highest BCUT2D eigenvalue weighted by molar-refractivity contribution is 7.21. The van der Waals surface area contributed by atoms with Crippen molar-refractivity contribution in [2.45, 2.75) is 39.3 Å². The molecule has 2 unspecified atom stereocenters. The van der Waals surface area contributed by atoms with Crippen LogP contribution in [0.4, 0.5) is 5.69 Å². The summed E-state index contributed by atoms with van der Waals surface area (Å²) in [6.07, 6.45) is 1.94. The molecule has 3 rings (SSSR count). The van der Waals surface area contributed by atoms with Gasteiger partial charge in [0, 0.05) is 23.0 Å². The minimum Gasteiger partial charge on any atom is -0.397 e. The Hall–Kier alpha value is -1.66. The van der Waals surface area contributed by atoms with Gasteiger partial charge in [-0.1, -0.05) is 13.8 Å². The number of aryl methyl sites for hydroxylation is 1. The van der Waals surface area contributed by atoms with Crippen LogP contribution in [0.5, 0.6) is 0 Å². The molecule has 6 heteroatoms. The zero-order chi connectivity index (χ0) is 15.4. The zero-order valence-electron chi connectivity index (χ0n) is 12.3. The first-order valence-corrected chi connectivity index (χ1v) is 7.76. The number of nitrogens with two attached hydrogens (primary N) is 1. The number of thiophene rings is 1. The lowest BCUT2D eigenvalue weighted by molar-refractivity contribution is -0.0689. The van der Waals surface area contributed by atoms with E-state index in [1.165, 1.54) is 11.3 Å². The van der Waals surface area contributed by atoms with E-state index in [0.29, 0.717) is 17.0 Å². The fourth-order valence-corrected chi connectivity index (χ4v) is 3.79. The zero-order valence-corrected chi connectivity index (χ0v) is 13.1. The largest absolute Gasteiger partial charge is 0.397 e. The summed E-state index contributed by atoms with van der Waals surface area (Å²) in [5.41, 5.74) is 7.35. The van der Waals surface area contributed by atoms with Crippen molar-refractivity contribution >= 4 is 33.1 Å². The standard InChI is InChI=1S/C15H19N3O2S/c1-7-4-5-17-14-10(7)11(16)12(21-14)13(20)18-8-6-9(19)15(8,2)3/h4-5,8-9,19H,6,16H2,1-3H3,(H,18,20). The van der Waals surface area contributed by atoms with E-state index in [4.69, 9.17) is 5.73 Å². The smallest absolute Gasteiger partial charge is 0.263 e. The number of hydrogen-bond acceptors (Lipinski definition) is 5. The molecule has 0 bridgehead atoms. The van der Waals surface area contributed by atoms with Crippen molar-refractivity contribution < 1.29 is 9.90 Å². The highest BCUT2D eigenvalue weighted by atomic mass is 32.1. The summed E-state index contributed by atoms with van der Waals surface area (Å²) >= 11 is 1.31. The second kappa shape index (κ2) is 4.68. The van der Waals surface area contributed by atoms with Gasteiger partial charge in [-0.25, -0.2) is 4.98 Å². The van der Waals surface area contributed by atoms with Gasteiger partial charge in [-0.05, 0) is 25.0 Å². The van der Waals surface area contributed by atoms with Crippen LogP contribution in [0, 0.1) is 12.3 Å². The molecule has 0 aromatic carbocycles. The summed E-state index contributed by atoms with van der Waals surface area (Å²) in [7, 11) is 0. The lowest BCUT2D eigenvalue weighted by Gasteiger charge is -2.49. The first-order valence-electron chi connectivity index (χ1n) is 6.95. The van der Waals surface area contributed by atoms with E-state index in [2.05, 4.69) is 10.3 Å². The van der Waals surface area contributed by atoms with Gasteiger partial charge in [0.1, 0.15) is 9.71 Å². The van der Waals surface area contributed by atoms with Gasteiger partial charge < -0.3 is 16.2 Å². The maximum absolute atomic E-state index is 12.5. The fraction of sp³-hybridized carbons (Fsp3) is 0.467. The SMILES string of the molecule is Cc1ccnc2sc(C(=O)NC3CC(O)C3(C)C)c(N)c12. The molecule has 1 aliphatic rings. The van der Waals surface area contributed by atoms with Gasteiger partial charge in [0.2, 0.25) is 0 Å². The van der Waals surface area contributed by atoms with Gasteiger partial charge in [0.05, 0.1) is 11.8 Å². The average Bonchev–Trinajstić information content (AvgIpc) is 2.77. The molecule has 5 nitrogen and oxygen atoms in total. The quantitative estimate of drug-likeness (QED) is 0.792. The van der Waals surface area contributed by atoms with E-state index in [1.54, 1.807) is 6.20 Å². The number of nitrogen functional groups attached to an aromatic ring is 1. The summed E-state index contributed by atoms with van der Waals surface area (Å²) in [4.78, 5) is 18.0. The maximum atomic E-state index is 12.5. The van der Waals surface area contributed by atoms with Crippen LogP contribution in [0.1, 0.15) is 35.5 Å². The molecule has 2 atom stereocenters. The first kappa shape index (κ1) is 14.3. The van der Waals surface area contributed by atoms with E-state index in [-0.39, 0.29) is 23.5 Å². The third-order valence-electron chi connectivity index (χ3n) is 4.56. The van der Waals surface area contributed by atoms with Crippen LogP contribution in [-0.4, -0.2) is 28.1 Å². The fourth-order valence-electron chi connectivity index (χ4n) is 2.74. The van der Waals surface area contributed by atoms with E-state index in [1.807, 2.05) is 26.8 Å². The van der Waals surface area contributed by atoms with E-state index in [0.717, 1.165) is 15.8 Å². The minimum atomic E-state index is -0.369. The number of nitrogens with zero attached hydrogens (tertiary/aromatic N) is 1. The maximum Gasteiger partial charge on any atom is 0.263 e. The molecular weight excluding hydrogens is 286 g/mol. The molecular formula is C15H19N3O2S. The van der Waals surface area contributed by atoms with Crippen LogP contribution < -0.4 is 11.1 Å². The Morgan fingerprint density at radius 3 is 2.86 bits per heavy atom. The number of aliphatic hydroxyl groups excluding tert-OH is 1. The number of rotatable bonds is 2. The second-order valence-corrected chi connectivity index (χ2v) is 7.25. The first-order chi connectivity index (χ1) is 9.82. The number of amides is 1. The molecule has 2 aromatic heterocycles. The molecule has 0 spiro atoms. The highest BCUT2D eigenvalue weighted by Crippen LogP contribution is 2.41. The normalized spacial score (nSPS) is 23.8. The van der Waals surface area contributed by atoms with Crippen molar-refractivity contribution in [1.82, 2.24) is 10.3 Å². The van der Waals surface area contributed by atoms with Crippen LogP contribution in [0.15, 0.2) is 12.3 Å². The predicted molar refractivity (Wildman–Crippen MR) is 84.4 cm³/mol. The van der Waals surface area contributed by atoms with E-state index < -0.39 is 0 Å². The topological polar surface area (TPSA) is 88.2 Å². The summed E-state index contributed by atoms with van der Waals surface area (Å²) < 4.78 is 0. The number of aromatic nitrogens is 1. The summed E-state index contributed by atoms with van der Waals surface area (Å²) in [6.45, 7) is 5.86. The van der Waals surface area contributed by atoms with Crippen molar-refractivity contribution in [2.24, 2.45) is 5.41 Å². The number of anilines is 1. The van der Waals surface area contributed by atoms with Gasteiger partial charge in [-0.2, -0.15) is 0 Å². The van der Waals surface area contributed by atoms with Gasteiger partial charge in [-0.15, -0.1) is 11.3 Å². The highest BCUT2D eigenvalue weighted by Gasteiger charge is 2.48. The minimum absolute atomic E-state index is 0.0290. The molecule has 0 radical (unpaired) electrons. The molecule has 0 saturated heterocycles. The molecule has 1 saturated carbocycles. The monoisotopic (exact) mass is 305 g/mol. The van der Waals surface area contributed by atoms with Gasteiger partial charge in [-0.3, -0.25) is 4.79 Å². The van der Waals surface area contributed by atoms with Gasteiger partial charge in [0.25, 0.3) is 5.91 Å².